The molecule has 2 nitrogen and oxygen atoms in total. The van der Waals surface area contributed by atoms with Crippen LogP contribution in [0.3, 0.4) is 0 Å². The van der Waals surface area contributed by atoms with Crippen molar-refractivity contribution in [2.75, 3.05) is 0 Å². The van der Waals surface area contributed by atoms with Crippen molar-refractivity contribution in [3.63, 3.8) is 0 Å². The predicted molar refractivity (Wildman–Crippen MR) is 8.34 cm³/mol. The molecule has 0 aromatic heterocycles. The Morgan fingerprint density at radius 2 is 1.00 bits per heavy atom. The molecule has 0 fully saturated rings. The zero-order chi connectivity index (χ0) is 0. The van der Waals surface area contributed by atoms with Crippen molar-refractivity contribution >= 4 is 0 Å². The molecule has 4 heteroatoms. The quantitative estimate of drug-likeness (QED) is 0.272. The first-order valence-corrected chi connectivity index (χ1v) is 0. The third-order valence-corrected chi connectivity index (χ3v) is 0. The average Bonchev–Trinajstić information content (AvgIpc) is 0. The molecule has 23 valence electrons. The van der Waals surface area contributed by atoms with Gasteiger partial charge in [0.1, 0.15) is 0 Å². The van der Waals surface area contributed by atoms with Gasteiger partial charge in [0.25, 0.3) is 0 Å². The van der Waals surface area contributed by atoms with Gasteiger partial charge in [0, 0.05) is 18.6 Å². The predicted octanol–water partition coefficient (Wildman–Crippen LogP) is -4.54. The Kier molecular flexibility index (Phi) is 575. The summed E-state index contributed by atoms with van der Waals surface area (Å²) < 4.78 is 0. The molecule has 0 atom stereocenters. The van der Waals surface area contributed by atoms with Gasteiger partial charge in [0.05, 0.1) is 0 Å². The van der Waals surface area contributed by atoms with Crippen LogP contribution in [0.2, 0.25) is 0 Å². The fraction of sp³-hybridized carbons (Fsp3) is 0. The van der Waals surface area contributed by atoms with E-state index in [2.05, 4.69) is 0 Å². The summed E-state index contributed by atoms with van der Waals surface area (Å²) >= 11 is 0. The first-order valence-electron chi connectivity index (χ1n) is 0. The number of hydrogen-bond donors (Lipinski definition) is 0. The molecule has 0 unspecified atom stereocenters. The molecule has 0 aromatic rings. The minimum absolute atomic E-state index is 0. The molecule has 0 saturated heterocycles. The molecule has 0 saturated carbocycles. The standard InChI is InChI=1S/Li.2H2O.V.H/h;2*1H2;;/q+1;;;;-1. The van der Waals surface area contributed by atoms with Crippen LogP contribution in [-0.4, -0.2) is 11.0 Å². The van der Waals surface area contributed by atoms with Crippen molar-refractivity contribution in [3.8, 4) is 0 Å². The Morgan fingerprint density at radius 1 is 1.00 bits per heavy atom. The van der Waals surface area contributed by atoms with E-state index in [9.17, 15) is 0 Å². The van der Waals surface area contributed by atoms with Crippen molar-refractivity contribution < 1.29 is 49.8 Å². The Hall–Kier alpha value is 1.10. The van der Waals surface area contributed by atoms with Gasteiger partial charge in [0.15, 0.2) is 0 Å². The normalized spacial score (nSPS) is 0. The minimum Gasteiger partial charge on any atom is -1.00 e. The van der Waals surface area contributed by atoms with Crippen LogP contribution in [0.4, 0.5) is 0 Å². The van der Waals surface area contributed by atoms with Crippen molar-refractivity contribution in [1.29, 1.82) is 0 Å². The Morgan fingerprint density at radius 3 is 1.00 bits per heavy atom. The van der Waals surface area contributed by atoms with E-state index in [1.165, 1.54) is 0 Å². The van der Waals surface area contributed by atoms with Gasteiger partial charge >= 0.3 is 18.9 Å². The van der Waals surface area contributed by atoms with E-state index < -0.39 is 0 Å². The van der Waals surface area contributed by atoms with E-state index >= 15 is 0 Å². The molecule has 0 aliphatic rings. The van der Waals surface area contributed by atoms with Crippen molar-refractivity contribution in [2.24, 2.45) is 0 Å². The van der Waals surface area contributed by atoms with E-state index in [0.29, 0.717) is 0 Å². The second kappa shape index (κ2) is 32.5. The zero-order valence-corrected chi connectivity index (χ0v) is 3.84. The monoisotopic (exact) mass is 95.0 g/mol. The maximum absolute atomic E-state index is 0. The van der Waals surface area contributed by atoms with Crippen LogP contribution >= 0.6 is 0 Å². The molecular weight excluding hydrogens is 89.9 g/mol. The maximum Gasteiger partial charge on any atom is 1.00 e. The fourth-order valence-electron chi connectivity index (χ4n) is 0. The second-order valence-corrected chi connectivity index (χ2v) is 0. The molecule has 0 aliphatic heterocycles. The molecule has 0 aliphatic carbocycles. The first-order chi connectivity index (χ1) is 0. The summed E-state index contributed by atoms with van der Waals surface area (Å²) in [5.74, 6) is 0. The van der Waals surface area contributed by atoms with Gasteiger partial charge in [-0.15, -0.1) is 0 Å². The third-order valence-electron chi connectivity index (χ3n) is 0. The topological polar surface area (TPSA) is 63.0 Å². The Bertz CT molecular complexity index is 9.61. The molecule has 1 radical (unpaired) electrons. The van der Waals surface area contributed by atoms with Crippen molar-refractivity contribution in [3.05, 3.63) is 0 Å². The van der Waals surface area contributed by atoms with E-state index in [1.807, 2.05) is 0 Å². The van der Waals surface area contributed by atoms with Gasteiger partial charge < -0.3 is 12.4 Å². The molecule has 0 amide bonds. The summed E-state index contributed by atoms with van der Waals surface area (Å²) in [6.45, 7) is 0. The van der Waals surface area contributed by atoms with Crippen molar-refractivity contribution in [1.82, 2.24) is 0 Å². The molecule has 0 spiro atoms. The third kappa shape index (κ3) is 11.3. The van der Waals surface area contributed by atoms with Gasteiger partial charge in [-0.2, -0.15) is 0 Å². The second-order valence-electron chi connectivity index (χ2n) is 0. The molecular formula is H5LiO2V. The van der Waals surface area contributed by atoms with E-state index in [0.717, 1.165) is 0 Å². The van der Waals surface area contributed by atoms with Crippen LogP contribution in [0.1, 0.15) is 1.43 Å². The van der Waals surface area contributed by atoms with E-state index in [4.69, 9.17) is 0 Å². The van der Waals surface area contributed by atoms with Crippen LogP contribution in [0.15, 0.2) is 0 Å². The van der Waals surface area contributed by atoms with Crippen LogP contribution in [0.25, 0.3) is 0 Å². The first kappa shape index (κ1) is 70.7. The van der Waals surface area contributed by atoms with Gasteiger partial charge in [-0.1, -0.05) is 0 Å². The van der Waals surface area contributed by atoms with E-state index in [1.54, 1.807) is 0 Å². The largest absolute Gasteiger partial charge is 1.00 e. The Labute approximate surface area is 50.1 Å². The summed E-state index contributed by atoms with van der Waals surface area (Å²) in [4.78, 5) is 0. The zero-order valence-electron chi connectivity index (χ0n) is 3.45. The summed E-state index contributed by atoms with van der Waals surface area (Å²) in [6.07, 6.45) is 0. The summed E-state index contributed by atoms with van der Waals surface area (Å²) in [7, 11) is 0. The SMILES string of the molecule is O.O.[H-].[Li+].[V]. The Balaban J connectivity index is 0. The van der Waals surface area contributed by atoms with Gasteiger partial charge in [-0.25, -0.2) is 0 Å². The fourth-order valence-corrected chi connectivity index (χ4v) is 0. The molecule has 4 heavy (non-hydrogen) atoms. The van der Waals surface area contributed by atoms with Crippen LogP contribution in [0, 0.1) is 0 Å². The molecule has 0 heterocycles. The van der Waals surface area contributed by atoms with Gasteiger partial charge in [-0.3, -0.25) is 0 Å². The van der Waals surface area contributed by atoms with Crippen LogP contribution < -0.4 is 18.9 Å². The minimum atomic E-state index is 0. The van der Waals surface area contributed by atoms with Gasteiger partial charge in [0.2, 0.25) is 0 Å². The summed E-state index contributed by atoms with van der Waals surface area (Å²) in [5, 5.41) is 0. The molecule has 0 aromatic carbocycles. The average molecular weight is 94.9 g/mol. The molecule has 4 N–H and O–H groups in total. The van der Waals surface area contributed by atoms with Crippen LogP contribution in [0.5, 0.6) is 0 Å². The van der Waals surface area contributed by atoms with E-state index in [-0.39, 0.29) is 49.8 Å². The van der Waals surface area contributed by atoms with Crippen molar-refractivity contribution in [2.45, 2.75) is 0 Å². The number of rotatable bonds is 0. The maximum atomic E-state index is 0. The smallest absolute Gasteiger partial charge is 1.00 e. The van der Waals surface area contributed by atoms with Gasteiger partial charge in [-0.05, 0) is 0 Å². The molecule has 0 rings (SSSR count). The van der Waals surface area contributed by atoms with Crippen LogP contribution in [-0.2, 0) is 18.6 Å². The number of hydrogen-bond acceptors (Lipinski definition) is 0. The molecule has 0 bridgehead atoms. The summed E-state index contributed by atoms with van der Waals surface area (Å²) in [6, 6.07) is 0. The summed E-state index contributed by atoms with van der Waals surface area (Å²) in [5.41, 5.74) is 0.